The first-order valence-electron chi connectivity index (χ1n) is 6.73. The van der Waals surface area contributed by atoms with E-state index in [1.807, 2.05) is 30.3 Å². The van der Waals surface area contributed by atoms with E-state index in [1.165, 1.54) is 0 Å². The predicted octanol–water partition coefficient (Wildman–Crippen LogP) is 3.07. The van der Waals surface area contributed by atoms with Gasteiger partial charge in [-0.2, -0.15) is 0 Å². The standard InChI is InChI=1S/C16H22O4/c1-16(2,3)13(15(19)20)12(14(17)18)10-9-11-7-5-4-6-8-11/h4-8,12-13H,9-10H2,1-3H3,(H,17,18)(H,19,20)/t12-,13?/m1/s1. The second-order valence-corrected chi connectivity index (χ2v) is 6.15. The zero-order chi connectivity index (χ0) is 15.3. The minimum absolute atomic E-state index is 0.327. The fourth-order valence-corrected chi connectivity index (χ4v) is 2.55. The summed E-state index contributed by atoms with van der Waals surface area (Å²) in [6, 6.07) is 9.53. The van der Waals surface area contributed by atoms with Gasteiger partial charge in [-0.3, -0.25) is 9.59 Å². The van der Waals surface area contributed by atoms with E-state index in [9.17, 15) is 19.8 Å². The summed E-state index contributed by atoms with van der Waals surface area (Å²) in [6.45, 7) is 5.30. The summed E-state index contributed by atoms with van der Waals surface area (Å²) in [5.74, 6) is -3.86. The lowest BCUT2D eigenvalue weighted by molar-refractivity contribution is -0.158. The van der Waals surface area contributed by atoms with E-state index in [0.29, 0.717) is 12.8 Å². The summed E-state index contributed by atoms with van der Waals surface area (Å²) in [5, 5.41) is 18.7. The van der Waals surface area contributed by atoms with Crippen LogP contribution in [0.4, 0.5) is 0 Å². The van der Waals surface area contributed by atoms with Crippen LogP contribution in [0.2, 0.25) is 0 Å². The van der Waals surface area contributed by atoms with E-state index in [0.717, 1.165) is 5.56 Å². The third kappa shape index (κ3) is 4.37. The average molecular weight is 278 g/mol. The van der Waals surface area contributed by atoms with Gasteiger partial charge >= 0.3 is 11.9 Å². The highest BCUT2D eigenvalue weighted by Crippen LogP contribution is 2.35. The molecule has 20 heavy (non-hydrogen) atoms. The Morgan fingerprint density at radius 3 is 2.00 bits per heavy atom. The van der Waals surface area contributed by atoms with Crippen LogP contribution in [0, 0.1) is 17.3 Å². The molecule has 2 atom stereocenters. The molecule has 0 spiro atoms. The molecule has 0 aliphatic rings. The van der Waals surface area contributed by atoms with Crippen molar-refractivity contribution in [3.63, 3.8) is 0 Å². The van der Waals surface area contributed by atoms with Crippen molar-refractivity contribution < 1.29 is 19.8 Å². The predicted molar refractivity (Wildman–Crippen MR) is 76.5 cm³/mol. The molecule has 1 aromatic rings. The van der Waals surface area contributed by atoms with E-state index < -0.39 is 29.2 Å². The van der Waals surface area contributed by atoms with Gasteiger partial charge in [-0.15, -0.1) is 0 Å². The zero-order valence-electron chi connectivity index (χ0n) is 12.2. The minimum atomic E-state index is -1.04. The van der Waals surface area contributed by atoms with E-state index in [4.69, 9.17) is 0 Å². The van der Waals surface area contributed by atoms with Crippen molar-refractivity contribution >= 4 is 11.9 Å². The summed E-state index contributed by atoms with van der Waals surface area (Å²) in [5.41, 5.74) is 0.433. The highest BCUT2D eigenvalue weighted by atomic mass is 16.4. The fraction of sp³-hybridized carbons (Fsp3) is 0.500. The summed E-state index contributed by atoms with van der Waals surface area (Å²) in [6.07, 6.45) is 0.894. The highest BCUT2D eigenvalue weighted by molar-refractivity contribution is 5.80. The van der Waals surface area contributed by atoms with Crippen molar-refractivity contribution in [2.75, 3.05) is 0 Å². The maximum Gasteiger partial charge on any atom is 0.307 e. The molecular weight excluding hydrogens is 256 g/mol. The lowest BCUT2D eigenvalue weighted by Crippen LogP contribution is -2.39. The molecule has 0 amide bonds. The van der Waals surface area contributed by atoms with Gasteiger partial charge in [0.2, 0.25) is 0 Å². The number of aliphatic carboxylic acids is 2. The Labute approximate surface area is 119 Å². The van der Waals surface area contributed by atoms with Crippen molar-refractivity contribution in [1.82, 2.24) is 0 Å². The van der Waals surface area contributed by atoms with E-state index in [1.54, 1.807) is 20.8 Å². The van der Waals surface area contributed by atoms with Crippen molar-refractivity contribution in [2.45, 2.75) is 33.6 Å². The van der Waals surface area contributed by atoms with Crippen LogP contribution in [0.5, 0.6) is 0 Å². The van der Waals surface area contributed by atoms with Crippen molar-refractivity contribution in [3.05, 3.63) is 35.9 Å². The molecule has 0 aromatic heterocycles. The van der Waals surface area contributed by atoms with E-state index >= 15 is 0 Å². The maximum absolute atomic E-state index is 11.4. The number of hydrogen-bond acceptors (Lipinski definition) is 2. The van der Waals surface area contributed by atoms with Gasteiger partial charge in [0.1, 0.15) is 0 Å². The number of aryl methyl sites for hydroxylation is 1. The molecule has 2 N–H and O–H groups in total. The molecule has 0 aliphatic heterocycles. The molecular formula is C16H22O4. The van der Waals surface area contributed by atoms with Crippen LogP contribution < -0.4 is 0 Å². The van der Waals surface area contributed by atoms with Crippen molar-refractivity contribution in [3.8, 4) is 0 Å². The quantitative estimate of drug-likeness (QED) is 0.838. The molecule has 110 valence electrons. The summed E-state index contributed by atoms with van der Waals surface area (Å²) in [7, 11) is 0. The van der Waals surface area contributed by atoms with Crippen LogP contribution in [0.3, 0.4) is 0 Å². The number of rotatable bonds is 6. The Morgan fingerprint density at radius 1 is 1.05 bits per heavy atom. The van der Waals surface area contributed by atoms with Gasteiger partial charge in [-0.05, 0) is 23.8 Å². The van der Waals surface area contributed by atoms with Crippen LogP contribution in [0.15, 0.2) is 30.3 Å². The Morgan fingerprint density at radius 2 is 1.60 bits per heavy atom. The second-order valence-electron chi connectivity index (χ2n) is 6.15. The first-order valence-corrected chi connectivity index (χ1v) is 6.73. The molecule has 0 bridgehead atoms. The van der Waals surface area contributed by atoms with Gasteiger partial charge in [-0.25, -0.2) is 0 Å². The van der Waals surface area contributed by atoms with Gasteiger partial charge in [0, 0.05) is 0 Å². The van der Waals surface area contributed by atoms with Crippen molar-refractivity contribution in [2.24, 2.45) is 17.3 Å². The monoisotopic (exact) mass is 278 g/mol. The Bertz CT molecular complexity index is 459. The molecule has 0 aliphatic carbocycles. The maximum atomic E-state index is 11.4. The number of carbonyl (C=O) groups is 2. The molecule has 4 nitrogen and oxygen atoms in total. The van der Waals surface area contributed by atoms with Gasteiger partial charge in [0.25, 0.3) is 0 Å². The normalized spacial score (nSPS) is 14.6. The molecule has 1 aromatic carbocycles. The summed E-state index contributed by atoms with van der Waals surface area (Å²) < 4.78 is 0. The fourth-order valence-electron chi connectivity index (χ4n) is 2.55. The van der Waals surface area contributed by atoms with Gasteiger partial charge in [-0.1, -0.05) is 51.1 Å². The molecule has 0 saturated heterocycles. The molecule has 4 heteroatoms. The van der Waals surface area contributed by atoms with Crippen LogP contribution in [-0.2, 0) is 16.0 Å². The third-order valence-corrected chi connectivity index (χ3v) is 3.51. The topological polar surface area (TPSA) is 74.6 Å². The molecule has 1 rings (SSSR count). The van der Waals surface area contributed by atoms with Gasteiger partial charge < -0.3 is 10.2 Å². The molecule has 0 radical (unpaired) electrons. The molecule has 0 fully saturated rings. The number of hydrogen-bond donors (Lipinski definition) is 2. The van der Waals surface area contributed by atoms with Crippen LogP contribution in [0.25, 0.3) is 0 Å². The second kappa shape index (κ2) is 6.55. The van der Waals surface area contributed by atoms with Crippen LogP contribution in [-0.4, -0.2) is 22.2 Å². The lowest BCUT2D eigenvalue weighted by atomic mass is 9.71. The lowest BCUT2D eigenvalue weighted by Gasteiger charge is -2.31. The van der Waals surface area contributed by atoms with Crippen LogP contribution in [0.1, 0.15) is 32.8 Å². The minimum Gasteiger partial charge on any atom is -0.481 e. The first-order chi connectivity index (χ1) is 9.23. The van der Waals surface area contributed by atoms with Crippen LogP contribution >= 0.6 is 0 Å². The Hall–Kier alpha value is -1.84. The van der Waals surface area contributed by atoms with Gasteiger partial charge in [0.05, 0.1) is 11.8 Å². The molecule has 0 heterocycles. The third-order valence-electron chi connectivity index (χ3n) is 3.51. The molecule has 0 saturated carbocycles. The zero-order valence-corrected chi connectivity index (χ0v) is 12.2. The largest absolute Gasteiger partial charge is 0.481 e. The Kier molecular flexibility index (Phi) is 5.31. The summed E-state index contributed by atoms with van der Waals surface area (Å²) >= 11 is 0. The smallest absolute Gasteiger partial charge is 0.307 e. The Balaban J connectivity index is 2.88. The van der Waals surface area contributed by atoms with E-state index in [2.05, 4.69) is 0 Å². The first kappa shape index (κ1) is 16.2. The average Bonchev–Trinajstić information content (AvgIpc) is 2.33. The number of benzene rings is 1. The van der Waals surface area contributed by atoms with E-state index in [-0.39, 0.29) is 0 Å². The number of carboxylic acids is 2. The SMILES string of the molecule is CC(C)(C)C(C(=O)O)[C@@H](CCc1ccccc1)C(=O)O. The molecule has 1 unspecified atom stereocenters. The number of carboxylic acid groups (broad SMARTS) is 2. The van der Waals surface area contributed by atoms with Crippen molar-refractivity contribution in [1.29, 1.82) is 0 Å². The van der Waals surface area contributed by atoms with Gasteiger partial charge in [0.15, 0.2) is 0 Å². The highest BCUT2D eigenvalue weighted by Gasteiger charge is 2.41. The summed E-state index contributed by atoms with van der Waals surface area (Å²) in [4.78, 5) is 22.9.